The zero-order chi connectivity index (χ0) is 22.5. The third-order valence-electron chi connectivity index (χ3n) is 7.95. The summed E-state index contributed by atoms with van der Waals surface area (Å²) in [5, 5.41) is 0. The molecular weight excluding hydrogens is 372 g/mol. The van der Waals surface area contributed by atoms with Gasteiger partial charge in [-0.2, -0.15) is 0 Å². The van der Waals surface area contributed by atoms with Gasteiger partial charge in [0.2, 0.25) is 0 Å². The van der Waals surface area contributed by atoms with Crippen LogP contribution in [0.25, 0.3) is 11.1 Å². The molecule has 0 saturated heterocycles. The summed E-state index contributed by atoms with van der Waals surface area (Å²) in [6.45, 7) is 19.4. The molecule has 0 amide bonds. The minimum atomic E-state index is 0.0965. The van der Waals surface area contributed by atoms with Crippen LogP contribution in [0.2, 0.25) is 0 Å². The van der Waals surface area contributed by atoms with Gasteiger partial charge in [-0.15, -0.1) is 0 Å². The van der Waals surface area contributed by atoms with Crippen molar-refractivity contribution in [2.24, 2.45) is 17.3 Å². The fraction of sp³-hybridized carbons (Fsp3) is 0.484. The highest BCUT2D eigenvalue weighted by Gasteiger charge is 2.49. The Bertz CT molecular complexity index is 958. The minimum absolute atomic E-state index is 0.0965. The number of fused-ring (bicyclic) bond motifs is 2. The lowest BCUT2D eigenvalue weighted by Gasteiger charge is -2.43. The molecule has 164 valence electrons. The van der Waals surface area contributed by atoms with Crippen LogP contribution < -0.4 is 0 Å². The number of hydrogen-bond acceptors (Lipinski definition) is 0. The van der Waals surface area contributed by atoms with Crippen molar-refractivity contribution >= 4 is 11.1 Å². The second-order valence-corrected chi connectivity index (χ2v) is 10.7. The molecule has 0 aliphatic heterocycles. The molecule has 0 bridgehead atoms. The quantitative estimate of drug-likeness (QED) is 0.443. The highest BCUT2D eigenvalue weighted by molar-refractivity contribution is 5.82. The van der Waals surface area contributed by atoms with Gasteiger partial charge in [-0.25, -0.2) is 0 Å². The molecule has 2 atom stereocenters. The summed E-state index contributed by atoms with van der Waals surface area (Å²) < 4.78 is 0. The van der Waals surface area contributed by atoms with Gasteiger partial charge in [-0.1, -0.05) is 115 Å². The van der Waals surface area contributed by atoms with Crippen molar-refractivity contribution in [3.05, 3.63) is 81.9 Å². The summed E-state index contributed by atoms with van der Waals surface area (Å²) in [5.41, 5.74) is 12.8. The van der Waals surface area contributed by atoms with Crippen molar-refractivity contribution in [2.45, 2.75) is 80.1 Å². The summed E-state index contributed by atoms with van der Waals surface area (Å²) in [4.78, 5) is 0. The van der Waals surface area contributed by atoms with Crippen LogP contribution in [-0.2, 0) is 0 Å². The Kier molecular flexibility index (Phi) is 5.80. The van der Waals surface area contributed by atoms with Gasteiger partial charge >= 0.3 is 0 Å². The maximum atomic E-state index is 2.55. The Morgan fingerprint density at radius 1 is 0.645 bits per heavy atom. The standard InChI is InChI=1S/C31H40/c1-9-21-23-15-11-13-17-25(23)29(27(21)19(3)4)31(7,8)30-26-18-14-12-16-24(26)22(10-2)28(30)20(5)6/h11-20,29-30H,9-10H2,1-8H3. The van der Waals surface area contributed by atoms with E-state index in [1.165, 1.54) is 11.1 Å². The van der Waals surface area contributed by atoms with E-state index >= 15 is 0 Å². The van der Waals surface area contributed by atoms with Crippen LogP contribution in [-0.4, -0.2) is 0 Å². The van der Waals surface area contributed by atoms with E-state index in [1.54, 1.807) is 33.4 Å². The Morgan fingerprint density at radius 3 is 1.32 bits per heavy atom. The zero-order valence-corrected chi connectivity index (χ0v) is 20.8. The molecule has 0 fully saturated rings. The largest absolute Gasteiger partial charge is 0.0619 e. The van der Waals surface area contributed by atoms with E-state index in [9.17, 15) is 0 Å². The smallest absolute Gasteiger partial charge is 0.0123 e. The molecule has 0 saturated carbocycles. The van der Waals surface area contributed by atoms with Crippen molar-refractivity contribution in [1.82, 2.24) is 0 Å². The highest BCUT2D eigenvalue weighted by atomic mass is 14.5. The molecule has 2 aliphatic carbocycles. The van der Waals surface area contributed by atoms with Gasteiger partial charge < -0.3 is 0 Å². The Balaban J connectivity index is 1.98. The van der Waals surface area contributed by atoms with Crippen LogP contribution in [0.4, 0.5) is 0 Å². The fourth-order valence-corrected chi connectivity index (χ4v) is 6.96. The minimum Gasteiger partial charge on any atom is -0.0619 e. The lowest BCUT2D eigenvalue weighted by molar-refractivity contribution is 0.257. The topological polar surface area (TPSA) is 0 Å². The third-order valence-corrected chi connectivity index (χ3v) is 7.95. The van der Waals surface area contributed by atoms with E-state index in [0.717, 1.165) is 12.8 Å². The molecular formula is C31H40. The molecule has 0 spiro atoms. The third kappa shape index (κ3) is 3.25. The first-order valence-electron chi connectivity index (χ1n) is 12.4. The molecule has 0 radical (unpaired) electrons. The van der Waals surface area contributed by atoms with Gasteiger partial charge in [-0.05, 0) is 63.5 Å². The van der Waals surface area contributed by atoms with Gasteiger partial charge in [0.05, 0.1) is 0 Å². The van der Waals surface area contributed by atoms with Crippen molar-refractivity contribution in [1.29, 1.82) is 0 Å². The van der Waals surface area contributed by atoms with E-state index in [2.05, 4.69) is 104 Å². The number of hydrogen-bond donors (Lipinski definition) is 0. The van der Waals surface area contributed by atoms with E-state index in [-0.39, 0.29) is 5.41 Å². The van der Waals surface area contributed by atoms with Crippen molar-refractivity contribution in [2.75, 3.05) is 0 Å². The van der Waals surface area contributed by atoms with Crippen LogP contribution in [0.15, 0.2) is 59.7 Å². The summed E-state index contributed by atoms with van der Waals surface area (Å²) in [7, 11) is 0. The second kappa shape index (κ2) is 8.12. The summed E-state index contributed by atoms with van der Waals surface area (Å²) in [6, 6.07) is 18.5. The first kappa shape index (κ1) is 22.1. The maximum Gasteiger partial charge on any atom is 0.0123 e. The van der Waals surface area contributed by atoms with Crippen molar-refractivity contribution in [3.63, 3.8) is 0 Å². The van der Waals surface area contributed by atoms with Crippen LogP contribution in [0, 0.1) is 17.3 Å². The second-order valence-electron chi connectivity index (χ2n) is 10.7. The molecule has 0 heteroatoms. The fourth-order valence-electron chi connectivity index (χ4n) is 6.96. The van der Waals surface area contributed by atoms with Gasteiger partial charge in [0.25, 0.3) is 0 Å². The number of allylic oxidation sites excluding steroid dienone is 4. The predicted octanol–water partition coefficient (Wildman–Crippen LogP) is 9.25. The molecule has 31 heavy (non-hydrogen) atoms. The first-order valence-corrected chi connectivity index (χ1v) is 12.4. The Labute approximate surface area is 190 Å². The lowest BCUT2D eigenvalue weighted by Crippen LogP contribution is -2.32. The van der Waals surface area contributed by atoms with E-state index in [4.69, 9.17) is 0 Å². The molecule has 0 aromatic heterocycles. The van der Waals surface area contributed by atoms with Crippen LogP contribution in [0.3, 0.4) is 0 Å². The molecule has 2 aromatic carbocycles. The van der Waals surface area contributed by atoms with E-state index < -0.39 is 0 Å². The Hall–Kier alpha value is -2.08. The van der Waals surface area contributed by atoms with Crippen LogP contribution >= 0.6 is 0 Å². The predicted molar refractivity (Wildman–Crippen MR) is 136 cm³/mol. The van der Waals surface area contributed by atoms with Crippen LogP contribution in [0.1, 0.15) is 102 Å². The van der Waals surface area contributed by atoms with Gasteiger partial charge in [0, 0.05) is 11.8 Å². The average molecular weight is 413 g/mol. The average Bonchev–Trinajstić information content (AvgIpc) is 3.27. The zero-order valence-electron chi connectivity index (χ0n) is 20.8. The summed E-state index contributed by atoms with van der Waals surface area (Å²) in [5.74, 6) is 2.03. The van der Waals surface area contributed by atoms with Gasteiger partial charge in [0.15, 0.2) is 0 Å². The molecule has 2 aromatic rings. The normalized spacial score (nSPS) is 20.8. The summed E-state index contributed by atoms with van der Waals surface area (Å²) >= 11 is 0. The maximum absolute atomic E-state index is 2.55. The molecule has 0 nitrogen and oxygen atoms in total. The monoisotopic (exact) mass is 412 g/mol. The SMILES string of the molecule is CCC1=C(C(C)C)C(C(C)(C)C2C(C(C)C)=C(CC)c3ccccc32)c2ccccc21. The molecule has 2 unspecified atom stereocenters. The van der Waals surface area contributed by atoms with E-state index in [0.29, 0.717) is 23.7 Å². The number of rotatable bonds is 6. The lowest BCUT2D eigenvalue weighted by atomic mass is 9.60. The van der Waals surface area contributed by atoms with E-state index in [1.807, 2.05) is 0 Å². The van der Waals surface area contributed by atoms with Crippen molar-refractivity contribution in [3.8, 4) is 0 Å². The molecule has 2 aliphatic rings. The highest BCUT2D eigenvalue weighted by Crippen LogP contribution is 2.63. The molecule has 0 heterocycles. The van der Waals surface area contributed by atoms with Crippen molar-refractivity contribution < 1.29 is 0 Å². The van der Waals surface area contributed by atoms with Gasteiger partial charge in [-0.3, -0.25) is 0 Å². The van der Waals surface area contributed by atoms with Crippen LogP contribution in [0.5, 0.6) is 0 Å². The van der Waals surface area contributed by atoms with Gasteiger partial charge in [0.1, 0.15) is 0 Å². The Morgan fingerprint density at radius 2 is 1.00 bits per heavy atom. The molecule has 0 N–H and O–H groups in total. The summed E-state index contributed by atoms with van der Waals surface area (Å²) in [6.07, 6.45) is 2.23. The number of benzene rings is 2. The first-order chi connectivity index (χ1) is 14.8. The molecule has 4 rings (SSSR count).